The highest BCUT2D eigenvalue weighted by Gasteiger charge is 2.15. The van der Waals surface area contributed by atoms with Gasteiger partial charge in [0.1, 0.15) is 6.20 Å². The van der Waals surface area contributed by atoms with Crippen LogP contribution in [-0.4, -0.2) is 27.9 Å². The van der Waals surface area contributed by atoms with E-state index < -0.39 is 4.92 Å². The van der Waals surface area contributed by atoms with Gasteiger partial charge in [0.05, 0.1) is 11.5 Å². The molecule has 0 aliphatic carbocycles. The molecule has 0 unspecified atom stereocenters. The summed E-state index contributed by atoms with van der Waals surface area (Å²) in [5.41, 5.74) is -0.161. The molecule has 0 bridgehead atoms. The number of carbonyl (C=O) groups is 1. The largest absolute Gasteiger partial charge is 0.345 e. The van der Waals surface area contributed by atoms with E-state index in [2.05, 4.69) is 15.6 Å². The maximum Gasteiger partial charge on any atom is 0.345 e. The summed E-state index contributed by atoms with van der Waals surface area (Å²) >= 11 is 0.833. The van der Waals surface area contributed by atoms with Crippen molar-refractivity contribution in [2.45, 2.75) is 26.3 Å². The van der Waals surface area contributed by atoms with Gasteiger partial charge in [0, 0.05) is 5.54 Å². The first-order chi connectivity index (χ1) is 7.78. The molecule has 8 heteroatoms. The van der Waals surface area contributed by atoms with Gasteiger partial charge in [-0.3, -0.25) is 14.9 Å². The molecular weight excluding hydrogens is 244 g/mol. The molecule has 0 aliphatic rings. The van der Waals surface area contributed by atoms with Crippen LogP contribution in [0.25, 0.3) is 0 Å². The molecule has 1 rings (SSSR count). The number of thiazole rings is 1. The van der Waals surface area contributed by atoms with E-state index in [0.717, 1.165) is 17.5 Å². The van der Waals surface area contributed by atoms with Crippen LogP contribution in [0.5, 0.6) is 0 Å². The van der Waals surface area contributed by atoms with Gasteiger partial charge < -0.3 is 10.6 Å². The second-order valence-corrected chi connectivity index (χ2v) is 5.42. The smallest absolute Gasteiger partial charge is 0.304 e. The lowest BCUT2D eigenvalue weighted by Gasteiger charge is -2.19. The Morgan fingerprint density at radius 3 is 2.71 bits per heavy atom. The van der Waals surface area contributed by atoms with Gasteiger partial charge in [-0.1, -0.05) is 0 Å². The van der Waals surface area contributed by atoms with Crippen LogP contribution < -0.4 is 10.6 Å². The Labute approximate surface area is 102 Å². The molecule has 1 aromatic heterocycles. The third-order valence-electron chi connectivity index (χ3n) is 1.70. The van der Waals surface area contributed by atoms with E-state index in [0.29, 0.717) is 0 Å². The molecule has 2 N–H and O–H groups in total. The van der Waals surface area contributed by atoms with E-state index >= 15 is 0 Å². The van der Waals surface area contributed by atoms with Crippen molar-refractivity contribution in [1.29, 1.82) is 0 Å². The van der Waals surface area contributed by atoms with Crippen molar-refractivity contribution in [3.05, 3.63) is 16.3 Å². The Morgan fingerprint density at radius 1 is 1.59 bits per heavy atom. The average molecular weight is 258 g/mol. The molecule has 0 aromatic carbocycles. The molecule has 0 atom stereocenters. The number of anilines is 1. The summed E-state index contributed by atoms with van der Waals surface area (Å²) < 4.78 is 0. The number of nitro groups is 1. The zero-order valence-electron chi connectivity index (χ0n) is 9.81. The van der Waals surface area contributed by atoms with Gasteiger partial charge in [-0.2, -0.15) is 0 Å². The minimum Gasteiger partial charge on any atom is -0.304 e. The monoisotopic (exact) mass is 258 g/mol. The predicted octanol–water partition coefficient (Wildman–Crippen LogP) is 1.38. The fourth-order valence-corrected chi connectivity index (χ4v) is 1.57. The van der Waals surface area contributed by atoms with Crippen LogP contribution >= 0.6 is 11.3 Å². The average Bonchev–Trinajstić information content (AvgIpc) is 2.62. The first-order valence-electron chi connectivity index (χ1n) is 4.93. The number of aromatic nitrogens is 1. The van der Waals surface area contributed by atoms with Gasteiger partial charge in [-0.05, 0) is 32.1 Å². The van der Waals surface area contributed by atoms with Gasteiger partial charge in [0.15, 0.2) is 5.13 Å². The number of hydrogen-bond donors (Lipinski definition) is 2. The molecule has 94 valence electrons. The fraction of sp³-hybridized carbons (Fsp3) is 0.556. The van der Waals surface area contributed by atoms with Crippen molar-refractivity contribution in [1.82, 2.24) is 10.3 Å². The normalized spacial score (nSPS) is 11.2. The summed E-state index contributed by atoms with van der Waals surface area (Å²) in [5, 5.41) is 16.0. The second-order valence-electron chi connectivity index (χ2n) is 4.41. The van der Waals surface area contributed by atoms with Gasteiger partial charge >= 0.3 is 5.00 Å². The van der Waals surface area contributed by atoms with Crippen LogP contribution in [0.2, 0.25) is 0 Å². The van der Waals surface area contributed by atoms with Crippen molar-refractivity contribution in [2.24, 2.45) is 0 Å². The molecule has 1 amide bonds. The number of nitrogens with one attached hydrogen (secondary N) is 2. The molecule has 0 fully saturated rings. The van der Waals surface area contributed by atoms with Crippen LogP contribution in [0.15, 0.2) is 6.20 Å². The Morgan fingerprint density at radius 2 is 2.24 bits per heavy atom. The summed E-state index contributed by atoms with van der Waals surface area (Å²) in [7, 11) is 0. The molecule has 7 nitrogen and oxygen atoms in total. The highest BCUT2D eigenvalue weighted by molar-refractivity contribution is 7.18. The summed E-state index contributed by atoms with van der Waals surface area (Å²) in [6, 6.07) is 0. The maximum atomic E-state index is 11.5. The number of rotatable bonds is 4. The van der Waals surface area contributed by atoms with Gasteiger partial charge in [-0.25, -0.2) is 4.98 Å². The summed E-state index contributed by atoms with van der Waals surface area (Å²) in [6.07, 6.45) is 1.12. The third kappa shape index (κ3) is 4.87. The topological polar surface area (TPSA) is 97.2 Å². The van der Waals surface area contributed by atoms with E-state index in [1.807, 2.05) is 20.8 Å². The maximum absolute atomic E-state index is 11.5. The lowest BCUT2D eigenvalue weighted by atomic mass is 10.1. The molecule has 1 heterocycles. The van der Waals surface area contributed by atoms with Crippen LogP contribution in [0.4, 0.5) is 10.1 Å². The van der Waals surface area contributed by atoms with Crippen molar-refractivity contribution in [2.75, 3.05) is 11.9 Å². The predicted molar refractivity (Wildman–Crippen MR) is 65.2 cm³/mol. The molecule has 0 aliphatic heterocycles. The quantitative estimate of drug-likeness (QED) is 0.628. The van der Waals surface area contributed by atoms with Crippen molar-refractivity contribution >= 4 is 27.4 Å². The zero-order valence-corrected chi connectivity index (χ0v) is 10.6. The Hall–Kier alpha value is -1.54. The van der Waals surface area contributed by atoms with E-state index in [1.165, 1.54) is 0 Å². The van der Waals surface area contributed by atoms with E-state index in [1.54, 1.807) is 0 Å². The number of nitrogens with zero attached hydrogens (tertiary/aromatic N) is 2. The number of hydrogen-bond acceptors (Lipinski definition) is 6. The summed E-state index contributed by atoms with van der Waals surface area (Å²) in [6.45, 7) is 5.95. The highest BCUT2D eigenvalue weighted by Crippen LogP contribution is 2.24. The minimum atomic E-state index is -0.541. The Balaban J connectivity index is 2.48. The summed E-state index contributed by atoms with van der Waals surface area (Å²) in [5.74, 6) is -0.274. The third-order valence-corrected chi connectivity index (χ3v) is 2.56. The Bertz CT molecular complexity index is 424. The van der Waals surface area contributed by atoms with E-state index in [9.17, 15) is 14.9 Å². The van der Waals surface area contributed by atoms with Crippen molar-refractivity contribution in [3.63, 3.8) is 0 Å². The van der Waals surface area contributed by atoms with Crippen LogP contribution in [-0.2, 0) is 4.79 Å². The fourth-order valence-electron chi connectivity index (χ4n) is 0.917. The zero-order chi connectivity index (χ0) is 13.1. The van der Waals surface area contributed by atoms with Gasteiger partial charge in [0.25, 0.3) is 0 Å². The van der Waals surface area contributed by atoms with E-state index in [-0.39, 0.29) is 28.1 Å². The number of carbonyl (C=O) groups excluding carboxylic acids is 1. The minimum absolute atomic E-state index is 0.0934. The van der Waals surface area contributed by atoms with Gasteiger partial charge in [-0.15, -0.1) is 0 Å². The molecule has 0 saturated carbocycles. The van der Waals surface area contributed by atoms with Crippen molar-refractivity contribution < 1.29 is 9.72 Å². The van der Waals surface area contributed by atoms with Crippen molar-refractivity contribution in [3.8, 4) is 0 Å². The molecule has 1 aromatic rings. The SMILES string of the molecule is CC(C)(C)NCC(=O)Nc1ncc([N+](=O)[O-])s1. The molecular formula is C9H14N4O3S. The highest BCUT2D eigenvalue weighted by atomic mass is 32.1. The second kappa shape index (κ2) is 5.19. The molecule has 17 heavy (non-hydrogen) atoms. The lowest BCUT2D eigenvalue weighted by molar-refractivity contribution is -0.380. The van der Waals surface area contributed by atoms with Crippen LogP contribution in [0, 0.1) is 10.1 Å². The Kier molecular flexibility index (Phi) is 4.13. The standard InChI is InChI=1S/C9H14N4O3S/c1-9(2,3)11-4-6(14)12-8-10-5-7(17-8)13(15)16/h5,11H,4H2,1-3H3,(H,10,12,14). The number of amides is 1. The molecule has 0 saturated heterocycles. The van der Waals surface area contributed by atoms with Crippen LogP contribution in [0.3, 0.4) is 0 Å². The molecule has 0 radical (unpaired) electrons. The van der Waals surface area contributed by atoms with Gasteiger partial charge in [0.2, 0.25) is 5.91 Å². The van der Waals surface area contributed by atoms with E-state index in [4.69, 9.17) is 0 Å². The first kappa shape index (κ1) is 13.5. The lowest BCUT2D eigenvalue weighted by Crippen LogP contribution is -2.41. The molecule has 0 spiro atoms. The first-order valence-corrected chi connectivity index (χ1v) is 5.75. The van der Waals surface area contributed by atoms with Crippen LogP contribution in [0.1, 0.15) is 20.8 Å². The summed E-state index contributed by atoms with van der Waals surface area (Å²) in [4.78, 5) is 25.1.